The van der Waals surface area contributed by atoms with Crippen LogP contribution in [0.2, 0.25) is 0 Å². The lowest BCUT2D eigenvalue weighted by Crippen LogP contribution is -2.42. The van der Waals surface area contributed by atoms with Gasteiger partial charge in [-0.1, -0.05) is 24.3 Å². The van der Waals surface area contributed by atoms with Crippen LogP contribution in [0.25, 0.3) is 6.08 Å². The first-order valence-electron chi connectivity index (χ1n) is 5.47. The Hall–Kier alpha value is -2.10. The molecule has 1 aromatic rings. The lowest BCUT2D eigenvalue weighted by atomic mass is 10.0. The Balaban J connectivity index is 2.21. The average molecular weight is 230 g/mol. The number of amides is 1. The second-order valence-electron chi connectivity index (χ2n) is 4.01. The van der Waals surface area contributed by atoms with Gasteiger partial charge in [-0.25, -0.2) is 0 Å². The molecule has 4 nitrogen and oxygen atoms in total. The van der Waals surface area contributed by atoms with E-state index in [1.165, 1.54) is 0 Å². The third-order valence-corrected chi connectivity index (χ3v) is 2.90. The Morgan fingerprint density at radius 1 is 1.47 bits per heavy atom. The van der Waals surface area contributed by atoms with Crippen molar-refractivity contribution in [2.75, 3.05) is 0 Å². The van der Waals surface area contributed by atoms with Gasteiger partial charge in [0.2, 0.25) is 5.91 Å². The molecule has 0 saturated carbocycles. The fourth-order valence-corrected chi connectivity index (χ4v) is 1.99. The molecule has 1 aliphatic heterocycles. The Labute approximate surface area is 99.7 Å². The zero-order chi connectivity index (χ0) is 12.3. The van der Waals surface area contributed by atoms with Gasteiger partial charge in [-0.15, -0.1) is 0 Å². The van der Waals surface area contributed by atoms with Crippen molar-refractivity contribution >= 4 is 18.3 Å². The number of nitrogens with zero attached hydrogens (tertiary/aromatic N) is 1. The van der Waals surface area contributed by atoms with Gasteiger partial charge in [0.05, 0.1) is 0 Å². The Morgan fingerprint density at radius 3 is 2.94 bits per heavy atom. The maximum Gasteiger partial charge on any atom is 0.240 e. The predicted octanol–water partition coefficient (Wildman–Crippen LogP) is 0.916. The van der Waals surface area contributed by atoms with Crippen molar-refractivity contribution in [2.45, 2.75) is 19.0 Å². The number of aldehydes is 1. The van der Waals surface area contributed by atoms with Gasteiger partial charge in [0.25, 0.3) is 0 Å². The molecule has 1 aliphatic rings. The van der Waals surface area contributed by atoms with Gasteiger partial charge in [-0.3, -0.25) is 4.79 Å². The van der Waals surface area contributed by atoms with Gasteiger partial charge >= 0.3 is 0 Å². The highest BCUT2D eigenvalue weighted by atomic mass is 16.1. The molecule has 1 aromatic carbocycles. The van der Waals surface area contributed by atoms with Crippen LogP contribution in [0.5, 0.6) is 0 Å². The standard InChI is InChI=1S/C13H14N2O2/c14-13(17)12(6-8-16)15-7-5-10-3-1-2-4-11(10)9-15/h1-5,7-8,12H,6,9H2,(H2,14,17). The summed E-state index contributed by atoms with van der Waals surface area (Å²) in [6.07, 6.45) is 4.60. The number of hydrogen-bond donors (Lipinski definition) is 1. The van der Waals surface area contributed by atoms with E-state index in [0.717, 1.165) is 17.4 Å². The topological polar surface area (TPSA) is 63.4 Å². The van der Waals surface area contributed by atoms with Crippen LogP contribution in [0.3, 0.4) is 0 Å². The second kappa shape index (κ2) is 4.82. The van der Waals surface area contributed by atoms with E-state index >= 15 is 0 Å². The molecule has 0 bridgehead atoms. The smallest absolute Gasteiger partial charge is 0.240 e. The highest BCUT2D eigenvalue weighted by Gasteiger charge is 2.23. The van der Waals surface area contributed by atoms with Crippen LogP contribution >= 0.6 is 0 Å². The summed E-state index contributed by atoms with van der Waals surface area (Å²) in [6.45, 7) is 0.605. The molecule has 0 spiro atoms. The number of carbonyl (C=O) groups excluding carboxylic acids is 2. The summed E-state index contributed by atoms with van der Waals surface area (Å²) in [7, 11) is 0. The molecule has 2 N–H and O–H groups in total. The number of carbonyl (C=O) groups is 2. The minimum Gasteiger partial charge on any atom is -0.368 e. The molecule has 0 fully saturated rings. The van der Waals surface area contributed by atoms with E-state index < -0.39 is 11.9 Å². The molecule has 88 valence electrons. The van der Waals surface area contributed by atoms with E-state index in [2.05, 4.69) is 0 Å². The van der Waals surface area contributed by atoms with Crippen LogP contribution in [-0.4, -0.2) is 23.1 Å². The Morgan fingerprint density at radius 2 is 2.24 bits per heavy atom. The van der Waals surface area contributed by atoms with E-state index in [4.69, 9.17) is 5.73 Å². The first kappa shape index (κ1) is 11.4. The third kappa shape index (κ3) is 2.36. The molecule has 1 unspecified atom stereocenters. The summed E-state index contributed by atoms with van der Waals surface area (Å²) >= 11 is 0. The molecule has 0 saturated heterocycles. The Kier molecular flexibility index (Phi) is 3.23. The third-order valence-electron chi connectivity index (χ3n) is 2.90. The number of benzene rings is 1. The van der Waals surface area contributed by atoms with Crippen LogP contribution in [0.1, 0.15) is 17.5 Å². The molecule has 4 heteroatoms. The van der Waals surface area contributed by atoms with Crippen molar-refractivity contribution in [2.24, 2.45) is 5.73 Å². The molecule has 0 aromatic heterocycles. The minimum absolute atomic E-state index is 0.127. The van der Waals surface area contributed by atoms with E-state index in [1.807, 2.05) is 36.5 Å². The zero-order valence-electron chi connectivity index (χ0n) is 9.37. The fourth-order valence-electron chi connectivity index (χ4n) is 1.99. The van der Waals surface area contributed by atoms with Gasteiger partial charge in [0, 0.05) is 19.2 Å². The molecule has 1 amide bonds. The zero-order valence-corrected chi connectivity index (χ0v) is 9.37. The van der Waals surface area contributed by atoms with Gasteiger partial charge in [0.1, 0.15) is 12.3 Å². The predicted molar refractivity (Wildman–Crippen MR) is 64.7 cm³/mol. The SMILES string of the molecule is NC(=O)C(CC=O)N1C=Cc2ccccc2C1. The summed E-state index contributed by atoms with van der Waals surface area (Å²) in [5.41, 5.74) is 7.57. The monoisotopic (exact) mass is 230 g/mol. The Bertz CT molecular complexity index is 468. The molecule has 0 radical (unpaired) electrons. The maximum atomic E-state index is 11.3. The van der Waals surface area contributed by atoms with Gasteiger partial charge in [0.15, 0.2) is 0 Å². The van der Waals surface area contributed by atoms with Crippen LogP contribution < -0.4 is 5.73 Å². The summed E-state index contributed by atoms with van der Waals surface area (Å²) in [4.78, 5) is 23.6. The molecule has 0 aliphatic carbocycles. The quantitative estimate of drug-likeness (QED) is 0.782. The van der Waals surface area contributed by atoms with Crippen molar-refractivity contribution in [3.8, 4) is 0 Å². The van der Waals surface area contributed by atoms with Crippen LogP contribution in [-0.2, 0) is 16.1 Å². The molecule has 1 heterocycles. The molecule has 2 rings (SSSR count). The lowest BCUT2D eigenvalue weighted by Gasteiger charge is -2.30. The fraction of sp³-hybridized carbons (Fsp3) is 0.231. The highest BCUT2D eigenvalue weighted by molar-refractivity contribution is 5.82. The lowest BCUT2D eigenvalue weighted by molar-refractivity contribution is -0.124. The number of nitrogens with two attached hydrogens (primary N) is 1. The maximum absolute atomic E-state index is 11.3. The van der Waals surface area contributed by atoms with Crippen molar-refractivity contribution in [1.82, 2.24) is 4.90 Å². The average Bonchev–Trinajstić information content (AvgIpc) is 2.35. The molecule has 17 heavy (non-hydrogen) atoms. The van der Waals surface area contributed by atoms with Crippen LogP contribution in [0.15, 0.2) is 30.5 Å². The molecular weight excluding hydrogens is 216 g/mol. The number of rotatable bonds is 4. The van der Waals surface area contributed by atoms with Crippen molar-refractivity contribution < 1.29 is 9.59 Å². The van der Waals surface area contributed by atoms with E-state index in [0.29, 0.717) is 6.54 Å². The highest BCUT2D eigenvalue weighted by Crippen LogP contribution is 2.21. The first-order chi connectivity index (χ1) is 8.22. The summed E-state index contributed by atoms with van der Waals surface area (Å²) < 4.78 is 0. The van der Waals surface area contributed by atoms with Crippen molar-refractivity contribution in [1.29, 1.82) is 0 Å². The van der Waals surface area contributed by atoms with Gasteiger partial charge in [-0.2, -0.15) is 0 Å². The summed E-state index contributed by atoms with van der Waals surface area (Å²) in [6, 6.07) is 7.38. The number of primary amides is 1. The van der Waals surface area contributed by atoms with Crippen LogP contribution in [0, 0.1) is 0 Å². The number of fused-ring (bicyclic) bond motifs is 1. The number of hydrogen-bond acceptors (Lipinski definition) is 3. The largest absolute Gasteiger partial charge is 0.368 e. The first-order valence-corrected chi connectivity index (χ1v) is 5.47. The van der Waals surface area contributed by atoms with Crippen molar-refractivity contribution in [3.05, 3.63) is 41.6 Å². The van der Waals surface area contributed by atoms with E-state index in [1.54, 1.807) is 4.90 Å². The minimum atomic E-state index is -0.558. The normalized spacial score (nSPS) is 15.2. The summed E-state index contributed by atoms with van der Waals surface area (Å²) in [5, 5.41) is 0. The van der Waals surface area contributed by atoms with Crippen LogP contribution in [0.4, 0.5) is 0 Å². The van der Waals surface area contributed by atoms with E-state index in [-0.39, 0.29) is 6.42 Å². The summed E-state index contributed by atoms with van der Waals surface area (Å²) in [5.74, 6) is -0.471. The van der Waals surface area contributed by atoms with Gasteiger partial charge in [-0.05, 0) is 17.2 Å². The molecular formula is C13H14N2O2. The second-order valence-corrected chi connectivity index (χ2v) is 4.01. The van der Waals surface area contributed by atoms with Gasteiger partial charge < -0.3 is 15.4 Å². The van der Waals surface area contributed by atoms with Crippen molar-refractivity contribution in [3.63, 3.8) is 0 Å². The molecule has 1 atom stereocenters. The van der Waals surface area contributed by atoms with E-state index in [9.17, 15) is 9.59 Å².